The molecule has 1 aliphatic rings. The molecule has 7 nitrogen and oxygen atoms in total. The molecule has 150 valence electrons. The van der Waals surface area contributed by atoms with Crippen LogP contribution in [-0.4, -0.2) is 42.8 Å². The molecular formula is C20H23NO6S. The molecule has 1 fully saturated rings. The van der Waals surface area contributed by atoms with E-state index < -0.39 is 12.0 Å². The third-order valence-corrected chi connectivity index (χ3v) is 5.92. The summed E-state index contributed by atoms with van der Waals surface area (Å²) >= 11 is 1.48. The maximum atomic E-state index is 12.7. The maximum absolute atomic E-state index is 12.7. The minimum atomic E-state index is -0.655. The summed E-state index contributed by atoms with van der Waals surface area (Å²) < 4.78 is 21.6. The molecule has 0 saturated carbocycles. The van der Waals surface area contributed by atoms with E-state index in [-0.39, 0.29) is 17.9 Å². The fourth-order valence-corrected chi connectivity index (χ4v) is 4.56. The summed E-state index contributed by atoms with van der Waals surface area (Å²) in [7, 11) is 3.12. The van der Waals surface area contributed by atoms with E-state index in [0.717, 1.165) is 11.1 Å². The Morgan fingerprint density at radius 2 is 1.96 bits per heavy atom. The van der Waals surface area contributed by atoms with Crippen molar-refractivity contribution in [3.05, 3.63) is 47.4 Å². The van der Waals surface area contributed by atoms with Crippen LogP contribution in [0.1, 0.15) is 29.2 Å². The lowest BCUT2D eigenvalue weighted by molar-refractivity contribution is -0.154. The van der Waals surface area contributed by atoms with E-state index >= 15 is 0 Å². The van der Waals surface area contributed by atoms with Gasteiger partial charge in [-0.3, -0.25) is 4.79 Å². The predicted octanol–water partition coefficient (Wildman–Crippen LogP) is 3.31. The van der Waals surface area contributed by atoms with Crippen LogP contribution in [0, 0.1) is 6.92 Å². The van der Waals surface area contributed by atoms with Gasteiger partial charge in [0.25, 0.3) is 0 Å². The Morgan fingerprint density at radius 3 is 2.57 bits per heavy atom. The molecule has 2 heterocycles. The summed E-state index contributed by atoms with van der Waals surface area (Å²) in [6.07, 6.45) is 1.56. The van der Waals surface area contributed by atoms with Crippen LogP contribution in [0.25, 0.3) is 0 Å². The second kappa shape index (κ2) is 8.60. The molecule has 0 radical (unpaired) electrons. The van der Waals surface area contributed by atoms with Gasteiger partial charge in [0.2, 0.25) is 5.91 Å². The highest BCUT2D eigenvalue weighted by molar-refractivity contribution is 7.99. The number of hydrogen-bond acceptors (Lipinski definition) is 7. The van der Waals surface area contributed by atoms with Crippen molar-refractivity contribution >= 4 is 23.6 Å². The average Bonchev–Trinajstić information content (AvgIpc) is 3.35. The van der Waals surface area contributed by atoms with Gasteiger partial charge in [0.1, 0.15) is 23.8 Å². The van der Waals surface area contributed by atoms with Crippen LogP contribution in [0.2, 0.25) is 0 Å². The van der Waals surface area contributed by atoms with Gasteiger partial charge in [-0.2, -0.15) is 0 Å². The number of carbonyl (C=O) groups excluding carboxylic acids is 2. The number of hydrogen-bond donors (Lipinski definition) is 0. The number of aryl methyl sites for hydroxylation is 1. The van der Waals surface area contributed by atoms with Crippen LogP contribution in [0.15, 0.2) is 34.9 Å². The highest BCUT2D eigenvalue weighted by atomic mass is 32.2. The van der Waals surface area contributed by atoms with Gasteiger partial charge in [0.05, 0.1) is 20.5 Å². The smallest absolute Gasteiger partial charge is 0.330 e. The molecule has 0 unspecified atom stereocenters. The molecule has 0 spiro atoms. The van der Waals surface area contributed by atoms with Crippen LogP contribution in [0.3, 0.4) is 0 Å². The number of rotatable bonds is 6. The van der Waals surface area contributed by atoms with Crippen LogP contribution < -0.4 is 9.47 Å². The van der Waals surface area contributed by atoms with Gasteiger partial charge in [-0.05, 0) is 42.3 Å². The molecule has 0 aliphatic carbocycles. The standard InChI is InChI=1S/C20H23NO6S/c1-12-8-17(24-3)18(25-4)9-14(12)10-27-20(23)15-11-28-19(21(15)13(2)22)16-6-5-7-26-16/h5-9,15,19H,10-11H2,1-4H3/t15-,19-/m0/s1. The average molecular weight is 405 g/mol. The van der Waals surface area contributed by atoms with Crippen LogP contribution in [0.4, 0.5) is 0 Å². The first-order valence-electron chi connectivity index (χ1n) is 8.78. The summed E-state index contributed by atoms with van der Waals surface area (Å²) in [4.78, 5) is 26.4. The quantitative estimate of drug-likeness (QED) is 0.682. The molecule has 1 amide bonds. The van der Waals surface area contributed by atoms with Crippen LogP contribution in [-0.2, 0) is 20.9 Å². The number of ether oxygens (including phenoxy) is 3. The first-order chi connectivity index (χ1) is 13.5. The van der Waals surface area contributed by atoms with Crippen LogP contribution >= 0.6 is 11.8 Å². The van der Waals surface area contributed by atoms with Gasteiger partial charge in [-0.25, -0.2) is 4.79 Å². The van der Waals surface area contributed by atoms with Crippen LogP contribution in [0.5, 0.6) is 11.5 Å². The van der Waals surface area contributed by atoms with E-state index in [9.17, 15) is 9.59 Å². The predicted molar refractivity (Wildman–Crippen MR) is 104 cm³/mol. The first-order valence-corrected chi connectivity index (χ1v) is 9.83. The summed E-state index contributed by atoms with van der Waals surface area (Å²) in [6.45, 7) is 3.44. The number of amides is 1. The van der Waals surface area contributed by atoms with E-state index in [0.29, 0.717) is 23.0 Å². The Bertz CT molecular complexity index is 851. The molecule has 2 aromatic rings. The summed E-state index contributed by atoms with van der Waals surface area (Å²) in [6, 6.07) is 6.54. The number of benzene rings is 1. The number of carbonyl (C=O) groups is 2. The van der Waals surface area contributed by atoms with E-state index in [2.05, 4.69) is 0 Å². The molecule has 28 heavy (non-hydrogen) atoms. The monoisotopic (exact) mass is 405 g/mol. The molecule has 0 bridgehead atoms. The Kier molecular flexibility index (Phi) is 6.18. The second-order valence-electron chi connectivity index (χ2n) is 6.38. The van der Waals surface area contributed by atoms with Crippen molar-refractivity contribution in [3.8, 4) is 11.5 Å². The van der Waals surface area contributed by atoms with Crippen molar-refractivity contribution in [1.82, 2.24) is 4.90 Å². The van der Waals surface area contributed by atoms with E-state index in [1.165, 1.54) is 23.6 Å². The topological polar surface area (TPSA) is 78.2 Å². The molecule has 8 heteroatoms. The van der Waals surface area contributed by atoms with Gasteiger partial charge in [-0.1, -0.05) is 0 Å². The SMILES string of the molecule is COc1cc(C)c(COC(=O)[C@@H]2CS[C@@H](c3ccco3)N2C(C)=O)cc1OC. The van der Waals surface area contributed by atoms with Gasteiger partial charge >= 0.3 is 5.97 Å². The summed E-state index contributed by atoms with van der Waals surface area (Å²) in [5, 5.41) is -0.326. The minimum Gasteiger partial charge on any atom is -0.493 e. The van der Waals surface area contributed by atoms with Crippen molar-refractivity contribution in [2.75, 3.05) is 20.0 Å². The highest BCUT2D eigenvalue weighted by Gasteiger charge is 2.43. The molecule has 1 aromatic heterocycles. The first kappa shape index (κ1) is 20.1. The lowest BCUT2D eigenvalue weighted by atomic mass is 10.1. The fourth-order valence-electron chi connectivity index (χ4n) is 3.15. The molecule has 3 rings (SSSR count). The van der Waals surface area contributed by atoms with Crippen molar-refractivity contribution < 1.29 is 28.2 Å². The zero-order chi connectivity index (χ0) is 20.3. The Balaban J connectivity index is 1.72. The number of esters is 1. The van der Waals surface area contributed by atoms with Gasteiger partial charge in [0.15, 0.2) is 11.5 Å². The minimum absolute atomic E-state index is 0.0867. The van der Waals surface area contributed by atoms with Crippen molar-refractivity contribution in [2.24, 2.45) is 0 Å². The number of methoxy groups -OCH3 is 2. The molecule has 1 aliphatic heterocycles. The molecule has 1 aromatic carbocycles. The van der Waals surface area contributed by atoms with Gasteiger partial charge < -0.3 is 23.5 Å². The number of thioether (sulfide) groups is 1. The molecule has 1 saturated heterocycles. The third kappa shape index (κ3) is 3.96. The number of nitrogens with zero attached hydrogens (tertiary/aromatic N) is 1. The molecule has 2 atom stereocenters. The third-order valence-electron chi connectivity index (χ3n) is 4.63. The fraction of sp³-hybridized carbons (Fsp3) is 0.400. The second-order valence-corrected chi connectivity index (χ2v) is 7.50. The van der Waals surface area contributed by atoms with E-state index in [1.807, 2.05) is 13.0 Å². The zero-order valence-electron chi connectivity index (χ0n) is 16.3. The maximum Gasteiger partial charge on any atom is 0.330 e. The largest absolute Gasteiger partial charge is 0.493 e. The van der Waals surface area contributed by atoms with Crippen molar-refractivity contribution in [1.29, 1.82) is 0 Å². The zero-order valence-corrected chi connectivity index (χ0v) is 17.1. The van der Waals surface area contributed by atoms with Gasteiger partial charge in [0, 0.05) is 12.7 Å². The normalized spacial score (nSPS) is 18.8. The summed E-state index contributed by atoms with van der Waals surface area (Å²) in [5.41, 5.74) is 1.73. The molecule has 0 N–H and O–H groups in total. The molecular weight excluding hydrogens is 382 g/mol. The lowest BCUT2D eigenvalue weighted by Crippen LogP contribution is -2.42. The summed E-state index contributed by atoms with van der Waals surface area (Å²) in [5.74, 6) is 1.65. The lowest BCUT2D eigenvalue weighted by Gasteiger charge is -2.26. The highest BCUT2D eigenvalue weighted by Crippen LogP contribution is 2.42. The van der Waals surface area contributed by atoms with Gasteiger partial charge in [-0.15, -0.1) is 11.8 Å². The van der Waals surface area contributed by atoms with Crippen molar-refractivity contribution in [2.45, 2.75) is 31.9 Å². The Morgan fingerprint density at radius 1 is 1.25 bits per heavy atom. The van der Waals surface area contributed by atoms with Crippen molar-refractivity contribution in [3.63, 3.8) is 0 Å². The number of furan rings is 1. The van der Waals surface area contributed by atoms with E-state index in [1.54, 1.807) is 38.7 Å². The Labute approximate surface area is 167 Å². The van der Waals surface area contributed by atoms with E-state index in [4.69, 9.17) is 18.6 Å². The Hall–Kier alpha value is -2.61.